The molecular weight excluding hydrogens is 1770 g/mol. The average molecular weight is 1890 g/mol. The Morgan fingerprint density at radius 2 is 0.654 bits per heavy atom. The van der Waals surface area contributed by atoms with E-state index in [0.717, 1.165) is 158 Å². The minimum absolute atomic E-state index is 0.00277. The van der Waals surface area contributed by atoms with Crippen LogP contribution in [0.4, 0.5) is 17.1 Å². The van der Waals surface area contributed by atoms with Gasteiger partial charge in [-0.05, 0) is 202 Å². The van der Waals surface area contributed by atoms with Gasteiger partial charge in [0.1, 0.15) is 12.6 Å². The van der Waals surface area contributed by atoms with Crippen molar-refractivity contribution in [3.05, 3.63) is 212 Å². The topological polar surface area (TPSA) is 248 Å². The Hall–Kier alpha value is -9.36. The van der Waals surface area contributed by atoms with E-state index in [2.05, 4.69) is 61.4 Å². The number of methoxy groups -OCH3 is 6. The first-order valence-corrected chi connectivity index (χ1v) is 52.2. The van der Waals surface area contributed by atoms with Gasteiger partial charge in [-0.2, -0.15) is 0 Å². The second kappa shape index (κ2) is 42.3. The van der Waals surface area contributed by atoms with Crippen molar-refractivity contribution in [3.8, 4) is 34.5 Å². The quantitative estimate of drug-likeness (QED) is 0.0354. The highest BCUT2D eigenvalue weighted by atomic mass is 32.3. The zero-order chi connectivity index (χ0) is 91.7. The smallest absolute Gasteiger partial charge is 0.255 e. The minimum Gasteiger partial charge on any atom is -0.493 e. The largest absolute Gasteiger partial charge is 0.493 e. The molecule has 0 N–H and O–H groups in total. The van der Waals surface area contributed by atoms with Crippen LogP contribution in [0.5, 0.6) is 34.5 Å². The maximum absolute atomic E-state index is 14.1. The van der Waals surface area contributed by atoms with Gasteiger partial charge in [-0.25, -0.2) is 38.2 Å². The minimum atomic E-state index is -3.55. The number of carbonyl (C=O) groups is 3. The van der Waals surface area contributed by atoms with Crippen molar-refractivity contribution in [2.24, 2.45) is 0 Å². The normalized spacial score (nSPS) is 17.8. The number of anilines is 3. The van der Waals surface area contributed by atoms with E-state index in [1.165, 1.54) is 79.0 Å². The lowest BCUT2D eigenvalue weighted by atomic mass is 9.91. The van der Waals surface area contributed by atoms with Crippen molar-refractivity contribution in [1.82, 2.24) is 42.3 Å². The predicted octanol–water partition coefficient (Wildman–Crippen LogP) is 15.2. The number of ether oxygens (including phenoxy) is 6. The molecule has 8 aliphatic rings. The van der Waals surface area contributed by atoms with Crippen LogP contribution in [0.2, 0.25) is 0 Å². The van der Waals surface area contributed by atoms with Crippen molar-refractivity contribution < 1.29 is 68.1 Å². The van der Waals surface area contributed by atoms with E-state index >= 15 is 0 Å². The summed E-state index contributed by atoms with van der Waals surface area (Å²) in [4.78, 5) is 62.9. The Morgan fingerprint density at radius 1 is 0.362 bits per heavy atom. The van der Waals surface area contributed by atoms with Crippen LogP contribution in [-0.2, 0) is 49.7 Å². The Kier molecular flexibility index (Phi) is 31.0. The summed E-state index contributed by atoms with van der Waals surface area (Å²) in [5, 5.41) is 5.31. The summed E-state index contributed by atoms with van der Waals surface area (Å²) in [7, 11) is 3.81. The van der Waals surface area contributed by atoms with E-state index in [-0.39, 0.29) is 35.8 Å². The molecule has 6 aromatic carbocycles. The van der Waals surface area contributed by atoms with Crippen LogP contribution >= 0.6 is 34.0 Å². The van der Waals surface area contributed by atoms with Gasteiger partial charge in [0.05, 0.1) is 60.8 Å². The monoisotopic (exact) mass is 1890 g/mol. The van der Waals surface area contributed by atoms with Crippen LogP contribution in [-0.4, -0.2) is 265 Å². The van der Waals surface area contributed by atoms with E-state index in [0.29, 0.717) is 131 Å². The number of nitrogens with zero attached hydrogens (tertiary/aromatic N) is 12. The highest BCUT2D eigenvalue weighted by Crippen LogP contribution is 2.47. The lowest BCUT2D eigenvalue weighted by Gasteiger charge is -2.44. The van der Waals surface area contributed by atoms with Crippen LogP contribution in [0.3, 0.4) is 0 Å². The van der Waals surface area contributed by atoms with Gasteiger partial charge < -0.3 is 57.8 Å². The van der Waals surface area contributed by atoms with E-state index in [4.69, 9.17) is 28.4 Å². The van der Waals surface area contributed by atoms with Crippen molar-refractivity contribution >= 4 is 98.9 Å². The molecule has 0 spiro atoms. The first-order valence-electron chi connectivity index (χ1n) is 45.2. The van der Waals surface area contributed by atoms with Gasteiger partial charge in [-0.1, -0.05) is 61.0 Å². The molecule has 3 aromatic heterocycles. The van der Waals surface area contributed by atoms with Crippen LogP contribution in [0, 0.1) is 0 Å². The number of rotatable bonds is 36. The number of hydrogen-bond donors (Lipinski definition) is 0. The van der Waals surface area contributed by atoms with Crippen LogP contribution in [0.15, 0.2) is 174 Å². The lowest BCUT2D eigenvalue weighted by Crippen LogP contribution is -2.52. The fraction of sp³-hybridized carbons (Fsp3) is 0.474. The molecule has 2 aliphatic carbocycles. The van der Waals surface area contributed by atoms with Crippen LogP contribution in [0.1, 0.15) is 167 Å². The Bertz CT molecular complexity index is 5520. The Labute approximate surface area is 779 Å². The van der Waals surface area contributed by atoms with Crippen LogP contribution in [0.25, 0.3) is 0 Å². The third-order valence-electron chi connectivity index (χ3n) is 27.1. The fourth-order valence-electron chi connectivity index (χ4n) is 19.2. The molecule has 3 saturated heterocycles. The number of thiophene rings is 3. The zero-order valence-electron chi connectivity index (χ0n) is 76.5. The number of carbonyl (C=O) groups excluding carboxylic acids is 3. The van der Waals surface area contributed by atoms with Gasteiger partial charge in [0.2, 0.25) is 0 Å². The number of hydrogen-bond acceptors (Lipinski definition) is 24. The molecule has 6 aliphatic heterocycles. The predicted molar refractivity (Wildman–Crippen MR) is 513 cm³/mol. The molecule has 3 amide bonds. The van der Waals surface area contributed by atoms with Gasteiger partial charge in [0.25, 0.3) is 47.8 Å². The summed E-state index contributed by atoms with van der Waals surface area (Å²) in [6.45, 7) is 18.9. The zero-order valence-corrected chi connectivity index (χ0v) is 81.4. The lowest BCUT2D eigenvalue weighted by molar-refractivity contribution is 0.0681. The molecule has 5 fully saturated rings. The van der Waals surface area contributed by atoms with Crippen molar-refractivity contribution in [2.45, 2.75) is 153 Å². The summed E-state index contributed by atoms with van der Waals surface area (Å²) < 4.78 is 117. The molecule has 27 nitrogen and oxygen atoms in total. The summed E-state index contributed by atoms with van der Waals surface area (Å²) >= 11 is 3.65. The number of amides is 3. The summed E-state index contributed by atoms with van der Waals surface area (Å²) in [5.74, 6) is 3.66. The molecule has 9 aromatic rings. The molecule has 2 saturated carbocycles. The molecule has 3 atom stereocenters. The standard InChI is InChI=1S/C33H42N4O5S2.C32H40N4O5S2.C32H42N4O5S2/c1-34(44(39,40)32-13-7-21-43-32)16-6-12-28(24-14-15-30(41-2)31(22-24)42-3)37-23-27-26(33(37)38)10-5-11-29(27)36-19-17-35(18-20-36)25-8-4-9-25;1-33(43(38,39)31-10-6-20-42-31)15-5-9-27(23-11-14-29(40-2)30(21-23)41-3)36-22-26-25(32(36)37)7-4-8-28(26)35-18-16-34(17-19-35)24-12-13-24;1-23(2)34-16-18-35(19-17-34)28-10-6-9-25-26(28)22-36(32(25)37)27(24-13-14-29(40-4)30(21-24)41-5)11-7-15-33(3)43(38,39)31-12-8-20-42-31/h5,7,10-11,13-15,21-22,25,28H,4,6,8-9,12,16-20,23H2,1-3H3;4,6-8,10-11,14,20-21,24,27H,5,9,12-13,15-19,22H2,1-3H3;6,8-10,12-14,20-21,23,27H,7,11,15-19,22H2,1-5H3/t28-;2*27-/m111/s1. The van der Waals surface area contributed by atoms with E-state index < -0.39 is 30.1 Å². The third kappa shape index (κ3) is 20.7. The maximum atomic E-state index is 14.1. The molecule has 0 bridgehead atoms. The first-order chi connectivity index (χ1) is 62.8. The number of benzene rings is 6. The molecule has 9 heterocycles. The average Bonchev–Trinajstić information content (AvgIpc) is 1.62. The molecule has 0 radical (unpaired) electrons. The maximum Gasteiger partial charge on any atom is 0.255 e. The van der Waals surface area contributed by atoms with Gasteiger partial charge in [0, 0.05) is 208 Å². The molecule has 130 heavy (non-hydrogen) atoms. The summed E-state index contributed by atoms with van der Waals surface area (Å²) in [6.07, 6.45) is 10.1. The highest BCUT2D eigenvalue weighted by Gasteiger charge is 2.43. The van der Waals surface area contributed by atoms with Gasteiger partial charge in [-0.3, -0.25) is 29.1 Å². The SMILES string of the molecule is COc1ccc([C@@H](CCCN(C)S(=O)(=O)c2cccs2)N2Cc3c(cccc3N3CCN(C(C)C)CC3)C2=O)cc1OC.COc1ccc([C@@H](CCCN(C)S(=O)(=O)c2cccs2)N2Cc3c(cccc3N3CCN(C4CC4)CC3)C2=O)cc1OC.COc1ccc([C@@H](CCCN(C)S(=O)(=O)c2cccs2)N2Cc3c(cccc3N3CCN(C4CCC4)CC3)C2=O)cc1OC. The second-order valence-corrected chi connectivity index (χ2v) is 44.4. The number of fused-ring (bicyclic) bond motifs is 3. The summed E-state index contributed by atoms with van der Waals surface area (Å²) in [6, 6.07) is 46.9. The Balaban J connectivity index is 0.000000150. The van der Waals surface area contributed by atoms with E-state index in [1.807, 2.05) is 106 Å². The molecule has 17 rings (SSSR count). The van der Waals surface area contributed by atoms with Crippen molar-refractivity contribution in [2.75, 3.05) is 177 Å². The molecule has 0 unspecified atom stereocenters. The second-order valence-electron chi connectivity index (χ2n) is 34.8. The molecular formula is C97H124N12O15S6. The number of sulfonamides is 3. The highest BCUT2D eigenvalue weighted by molar-refractivity contribution is 7.91. The summed E-state index contributed by atoms with van der Waals surface area (Å²) in [5.41, 5.74) is 11.7. The van der Waals surface area contributed by atoms with Gasteiger partial charge in [-0.15, -0.1) is 34.0 Å². The van der Waals surface area contributed by atoms with E-state index in [1.54, 1.807) is 116 Å². The van der Waals surface area contributed by atoms with Crippen LogP contribution < -0.4 is 43.1 Å². The molecule has 33 heteroatoms. The number of piperazine rings is 3. The third-order valence-corrected chi connectivity index (χ3v) is 36.8. The van der Waals surface area contributed by atoms with Crippen molar-refractivity contribution in [3.63, 3.8) is 0 Å². The fourth-order valence-corrected chi connectivity index (χ4v) is 26.5. The van der Waals surface area contributed by atoms with Crippen molar-refractivity contribution in [1.29, 1.82) is 0 Å². The van der Waals surface area contributed by atoms with Gasteiger partial charge >= 0.3 is 0 Å². The van der Waals surface area contributed by atoms with E-state index in [9.17, 15) is 39.6 Å². The Morgan fingerprint density at radius 3 is 0.908 bits per heavy atom. The molecule has 698 valence electrons. The van der Waals surface area contributed by atoms with Gasteiger partial charge in [0.15, 0.2) is 34.5 Å². The first kappa shape index (κ1) is 95.3.